The van der Waals surface area contributed by atoms with Gasteiger partial charge < -0.3 is 9.47 Å². The zero-order chi connectivity index (χ0) is 14.8. The van der Waals surface area contributed by atoms with Gasteiger partial charge in [0.2, 0.25) is 0 Å². The molecule has 1 aliphatic heterocycles. The molecule has 0 amide bonds. The molecule has 1 aliphatic rings. The van der Waals surface area contributed by atoms with Crippen molar-refractivity contribution in [1.29, 1.82) is 0 Å². The van der Waals surface area contributed by atoms with Crippen LogP contribution in [0, 0.1) is 0 Å². The molecule has 110 valence electrons. The van der Waals surface area contributed by atoms with Crippen LogP contribution in [-0.4, -0.2) is 13.7 Å². The van der Waals surface area contributed by atoms with Crippen LogP contribution in [0.3, 0.4) is 0 Å². The number of hydrogen-bond acceptors (Lipinski definition) is 2. The van der Waals surface area contributed by atoms with Gasteiger partial charge in [0.25, 0.3) is 0 Å². The van der Waals surface area contributed by atoms with Crippen LogP contribution < -0.4 is 9.47 Å². The van der Waals surface area contributed by atoms with E-state index in [1.165, 1.54) is 5.56 Å². The second-order valence-electron chi connectivity index (χ2n) is 5.07. The highest BCUT2D eigenvalue weighted by molar-refractivity contribution is 9.10. The van der Waals surface area contributed by atoms with Crippen molar-refractivity contribution in [3.63, 3.8) is 0 Å². The van der Waals surface area contributed by atoms with E-state index in [2.05, 4.69) is 22.0 Å². The average Bonchev–Trinajstić information content (AvgIpc) is 2.53. The van der Waals surface area contributed by atoms with Crippen molar-refractivity contribution >= 4 is 27.5 Å². The molecular formula is C17H16BrClO2. The summed E-state index contributed by atoms with van der Waals surface area (Å²) in [5, 5.41) is -0.102. The first-order chi connectivity index (χ1) is 10.2. The second-order valence-corrected chi connectivity index (χ2v) is 6.40. The first-order valence-electron chi connectivity index (χ1n) is 6.90. The second kappa shape index (κ2) is 6.29. The first-order valence-corrected chi connectivity index (χ1v) is 8.13. The molecule has 0 aliphatic carbocycles. The van der Waals surface area contributed by atoms with E-state index in [0.29, 0.717) is 6.61 Å². The van der Waals surface area contributed by atoms with Gasteiger partial charge in [0.05, 0.1) is 19.1 Å². The summed E-state index contributed by atoms with van der Waals surface area (Å²) in [5.74, 6) is 2.02. The monoisotopic (exact) mass is 366 g/mol. The van der Waals surface area contributed by atoms with Crippen molar-refractivity contribution in [2.45, 2.75) is 17.7 Å². The number of halogens is 2. The molecule has 3 rings (SSSR count). The van der Waals surface area contributed by atoms with Gasteiger partial charge in [0.1, 0.15) is 11.5 Å². The lowest BCUT2D eigenvalue weighted by atomic mass is 9.87. The summed E-state index contributed by atoms with van der Waals surface area (Å²) >= 11 is 10.4. The Bertz CT molecular complexity index is 644. The fourth-order valence-electron chi connectivity index (χ4n) is 2.75. The lowest BCUT2D eigenvalue weighted by molar-refractivity contribution is 0.265. The molecule has 21 heavy (non-hydrogen) atoms. The average molecular weight is 368 g/mol. The molecular weight excluding hydrogens is 352 g/mol. The van der Waals surface area contributed by atoms with Gasteiger partial charge >= 0.3 is 0 Å². The predicted octanol–water partition coefficient (Wildman–Crippen LogP) is 5.30. The Morgan fingerprint density at radius 3 is 2.86 bits per heavy atom. The summed E-state index contributed by atoms with van der Waals surface area (Å²) in [6.07, 6.45) is 0.920. The molecule has 0 saturated heterocycles. The van der Waals surface area contributed by atoms with Crippen LogP contribution in [0.1, 0.15) is 28.8 Å². The summed E-state index contributed by atoms with van der Waals surface area (Å²) < 4.78 is 11.9. The maximum atomic E-state index is 6.79. The highest BCUT2D eigenvalue weighted by Gasteiger charge is 2.29. The Hall–Kier alpha value is -1.19. The fraction of sp³-hybridized carbons (Fsp3) is 0.294. The quantitative estimate of drug-likeness (QED) is 0.685. The summed E-state index contributed by atoms with van der Waals surface area (Å²) in [6, 6.07) is 14.1. The lowest BCUT2D eigenvalue weighted by Gasteiger charge is -2.29. The third-order valence-corrected chi connectivity index (χ3v) is 5.09. The molecule has 0 N–H and O–H groups in total. The molecule has 0 saturated carbocycles. The number of hydrogen-bond donors (Lipinski definition) is 0. The van der Waals surface area contributed by atoms with E-state index in [1.807, 2.05) is 36.4 Å². The number of alkyl halides is 1. The standard InChI is InChI=1S/C17H16BrClO2/c1-20-11-6-7-14(15(18)10-11)17(19)13-8-9-21-16-5-3-2-4-12(13)16/h2-7,10,13,17H,8-9H2,1H3. The molecule has 0 bridgehead atoms. The van der Waals surface area contributed by atoms with Crippen LogP contribution in [0.5, 0.6) is 11.5 Å². The molecule has 2 nitrogen and oxygen atoms in total. The Morgan fingerprint density at radius 2 is 2.10 bits per heavy atom. The number of ether oxygens (including phenoxy) is 2. The summed E-state index contributed by atoms with van der Waals surface area (Å²) in [5.41, 5.74) is 2.27. The van der Waals surface area contributed by atoms with Gasteiger partial charge in [-0.25, -0.2) is 0 Å². The molecule has 0 aromatic heterocycles. The number of methoxy groups -OCH3 is 1. The van der Waals surface area contributed by atoms with E-state index in [0.717, 1.165) is 28.0 Å². The Kier molecular flexibility index (Phi) is 4.41. The molecule has 2 atom stereocenters. The van der Waals surface area contributed by atoms with E-state index in [1.54, 1.807) is 7.11 Å². The van der Waals surface area contributed by atoms with Crippen molar-refractivity contribution in [1.82, 2.24) is 0 Å². The van der Waals surface area contributed by atoms with E-state index in [9.17, 15) is 0 Å². The van der Waals surface area contributed by atoms with Crippen molar-refractivity contribution in [3.05, 3.63) is 58.1 Å². The predicted molar refractivity (Wildman–Crippen MR) is 88.6 cm³/mol. The van der Waals surface area contributed by atoms with Crippen molar-refractivity contribution in [2.24, 2.45) is 0 Å². The normalized spacial score (nSPS) is 18.5. The molecule has 1 heterocycles. The first kappa shape index (κ1) is 14.7. The highest BCUT2D eigenvalue weighted by atomic mass is 79.9. The third kappa shape index (κ3) is 2.90. The van der Waals surface area contributed by atoms with Gasteiger partial charge in [0, 0.05) is 10.4 Å². The van der Waals surface area contributed by atoms with Gasteiger partial charge in [-0.05, 0) is 35.7 Å². The maximum absolute atomic E-state index is 6.79. The van der Waals surface area contributed by atoms with E-state index >= 15 is 0 Å². The third-order valence-electron chi connectivity index (χ3n) is 3.86. The van der Waals surface area contributed by atoms with Crippen molar-refractivity contribution in [2.75, 3.05) is 13.7 Å². The van der Waals surface area contributed by atoms with Crippen LogP contribution in [0.2, 0.25) is 0 Å². The molecule has 0 fully saturated rings. The van der Waals surface area contributed by atoms with Crippen molar-refractivity contribution in [3.8, 4) is 11.5 Å². The van der Waals surface area contributed by atoms with E-state index < -0.39 is 0 Å². The molecule has 2 unspecified atom stereocenters. The van der Waals surface area contributed by atoms with Gasteiger partial charge in [-0.15, -0.1) is 11.6 Å². The van der Waals surface area contributed by atoms with E-state index in [-0.39, 0.29) is 11.3 Å². The zero-order valence-corrected chi connectivity index (χ0v) is 14.0. The Morgan fingerprint density at radius 1 is 1.29 bits per heavy atom. The molecule has 0 radical (unpaired) electrons. The van der Waals surface area contributed by atoms with Crippen LogP contribution >= 0.6 is 27.5 Å². The van der Waals surface area contributed by atoms with Gasteiger partial charge in [-0.1, -0.05) is 40.2 Å². The number of benzene rings is 2. The number of rotatable bonds is 3. The Balaban J connectivity index is 1.94. The minimum absolute atomic E-state index is 0.102. The number of fused-ring (bicyclic) bond motifs is 1. The zero-order valence-electron chi connectivity index (χ0n) is 11.7. The van der Waals surface area contributed by atoms with Gasteiger partial charge in [0.15, 0.2) is 0 Å². The number of para-hydroxylation sites is 1. The Labute approximate surface area is 138 Å². The van der Waals surface area contributed by atoms with Gasteiger partial charge in [-0.3, -0.25) is 0 Å². The molecule has 2 aromatic rings. The topological polar surface area (TPSA) is 18.5 Å². The summed E-state index contributed by atoms with van der Waals surface area (Å²) in [4.78, 5) is 0. The summed E-state index contributed by atoms with van der Waals surface area (Å²) in [6.45, 7) is 0.707. The smallest absolute Gasteiger partial charge is 0.122 e. The maximum Gasteiger partial charge on any atom is 0.122 e. The molecule has 4 heteroatoms. The van der Waals surface area contributed by atoms with Crippen molar-refractivity contribution < 1.29 is 9.47 Å². The van der Waals surface area contributed by atoms with Crippen LogP contribution in [-0.2, 0) is 0 Å². The van der Waals surface area contributed by atoms with Gasteiger partial charge in [-0.2, -0.15) is 0 Å². The highest BCUT2D eigenvalue weighted by Crippen LogP contribution is 2.46. The molecule has 2 aromatic carbocycles. The van der Waals surface area contributed by atoms with Crippen LogP contribution in [0.15, 0.2) is 46.9 Å². The minimum Gasteiger partial charge on any atom is -0.497 e. The van der Waals surface area contributed by atoms with E-state index in [4.69, 9.17) is 21.1 Å². The van der Waals surface area contributed by atoms with Crippen LogP contribution in [0.25, 0.3) is 0 Å². The van der Waals surface area contributed by atoms with Crippen LogP contribution in [0.4, 0.5) is 0 Å². The lowest BCUT2D eigenvalue weighted by Crippen LogP contribution is -2.17. The largest absolute Gasteiger partial charge is 0.497 e. The minimum atomic E-state index is -0.102. The summed E-state index contributed by atoms with van der Waals surface area (Å²) in [7, 11) is 1.66. The molecule has 0 spiro atoms. The fourth-order valence-corrected chi connectivity index (χ4v) is 3.94. The SMILES string of the molecule is COc1ccc(C(Cl)C2CCOc3ccccc32)c(Br)c1.